The van der Waals surface area contributed by atoms with Crippen LogP contribution in [-0.4, -0.2) is 54.4 Å². The number of alkyl halides is 2. The third-order valence-corrected chi connectivity index (χ3v) is 4.33. The molecule has 1 unspecified atom stereocenters. The molecule has 0 saturated carbocycles. The lowest BCUT2D eigenvalue weighted by molar-refractivity contribution is -0.140. The summed E-state index contributed by atoms with van der Waals surface area (Å²) in [7, 11) is 0. The van der Waals surface area contributed by atoms with E-state index in [4.69, 9.17) is 9.47 Å². The van der Waals surface area contributed by atoms with Crippen LogP contribution in [0.5, 0.6) is 11.5 Å². The molecule has 3 heterocycles. The quantitative estimate of drug-likeness (QED) is 0.606. The van der Waals surface area contributed by atoms with Gasteiger partial charge in [-0.3, -0.25) is 4.90 Å². The summed E-state index contributed by atoms with van der Waals surface area (Å²) >= 11 is 4.85. The molecule has 8 heteroatoms. The Balaban J connectivity index is 1.67. The van der Waals surface area contributed by atoms with E-state index < -0.39 is 5.92 Å². The van der Waals surface area contributed by atoms with E-state index in [-0.39, 0.29) is 19.2 Å². The van der Waals surface area contributed by atoms with E-state index in [2.05, 4.69) is 20.9 Å². The maximum Gasteiger partial charge on any atom is 0.272 e. The fraction of sp³-hybridized carbons (Fsp3) is 0.583. The molecule has 0 amide bonds. The van der Waals surface area contributed by atoms with Crippen molar-refractivity contribution < 1.29 is 18.3 Å². The minimum absolute atomic E-state index is 0.199. The first-order valence-electron chi connectivity index (χ1n) is 6.11. The molecule has 0 spiro atoms. The zero-order chi connectivity index (χ0) is 14.3. The van der Waals surface area contributed by atoms with E-state index in [1.165, 1.54) is 11.8 Å². The van der Waals surface area contributed by atoms with Crippen LogP contribution in [0.4, 0.5) is 8.78 Å². The number of ether oxygens (including phenoxy) is 2. The van der Waals surface area contributed by atoms with Crippen molar-refractivity contribution >= 4 is 27.7 Å². The van der Waals surface area contributed by atoms with Crippen LogP contribution in [0, 0.1) is 0 Å². The molecule has 1 aromatic heterocycles. The highest BCUT2D eigenvalue weighted by Gasteiger charge is 2.44. The minimum Gasteiger partial charge on any atom is -0.483 e. The van der Waals surface area contributed by atoms with Gasteiger partial charge in [-0.15, -0.1) is 11.8 Å². The van der Waals surface area contributed by atoms with Crippen molar-refractivity contribution in [2.75, 3.05) is 32.5 Å². The van der Waals surface area contributed by atoms with Gasteiger partial charge in [-0.2, -0.15) is 0 Å². The first-order valence-corrected chi connectivity index (χ1v) is 8.13. The van der Waals surface area contributed by atoms with Gasteiger partial charge in [0.2, 0.25) is 0 Å². The number of thioether (sulfide) groups is 1. The van der Waals surface area contributed by atoms with Crippen molar-refractivity contribution in [1.29, 1.82) is 0 Å². The summed E-state index contributed by atoms with van der Waals surface area (Å²) in [6.45, 7) is 0.392. The zero-order valence-corrected chi connectivity index (χ0v) is 13.1. The van der Waals surface area contributed by atoms with Gasteiger partial charge in [-0.25, -0.2) is 13.8 Å². The molecule has 1 atom stereocenters. The lowest BCUT2D eigenvalue weighted by atomic mass is 10.1. The Kier molecular flexibility index (Phi) is 3.81. The number of likely N-dealkylation sites (tertiary alicyclic amines) is 1. The highest BCUT2D eigenvalue weighted by molar-refractivity contribution is 9.10. The molecule has 2 aliphatic rings. The Morgan fingerprint density at radius 1 is 1.55 bits per heavy atom. The second kappa shape index (κ2) is 5.31. The number of nitrogens with zero attached hydrogens (tertiary/aromatic N) is 2. The van der Waals surface area contributed by atoms with Crippen molar-refractivity contribution in [2.24, 2.45) is 0 Å². The van der Waals surface area contributed by atoms with Crippen molar-refractivity contribution in [3.63, 3.8) is 0 Å². The van der Waals surface area contributed by atoms with Crippen LogP contribution in [0.2, 0.25) is 0 Å². The maximum atomic E-state index is 12.8. The Bertz CT molecular complexity index is 524. The molecule has 20 heavy (non-hydrogen) atoms. The molecule has 0 aromatic carbocycles. The summed E-state index contributed by atoms with van der Waals surface area (Å²) in [6, 6.07) is 1.81. The molecule has 2 aliphatic heterocycles. The van der Waals surface area contributed by atoms with E-state index in [9.17, 15) is 8.78 Å². The lowest BCUT2D eigenvalue weighted by Gasteiger charge is -2.41. The van der Waals surface area contributed by atoms with Gasteiger partial charge < -0.3 is 9.47 Å². The summed E-state index contributed by atoms with van der Waals surface area (Å²) in [5.74, 6) is -1.36. The van der Waals surface area contributed by atoms with Crippen LogP contribution in [0.25, 0.3) is 0 Å². The van der Waals surface area contributed by atoms with E-state index >= 15 is 0 Å². The Hall–Kier alpha value is -0.600. The Morgan fingerprint density at radius 2 is 2.30 bits per heavy atom. The average Bonchev–Trinajstić information content (AvgIpc) is 2.36. The lowest BCUT2D eigenvalue weighted by Crippen LogP contribution is -2.59. The third-order valence-electron chi connectivity index (χ3n) is 3.16. The Labute approximate surface area is 128 Å². The second-order valence-electron chi connectivity index (χ2n) is 4.86. The maximum absolute atomic E-state index is 12.8. The summed E-state index contributed by atoms with van der Waals surface area (Å²) in [5, 5.41) is 0.815. The number of halogens is 3. The molecule has 1 aromatic rings. The van der Waals surface area contributed by atoms with Crippen molar-refractivity contribution in [3.8, 4) is 11.5 Å². The zero-order valence-electron chi connectivity index (χ0n) is 10.7. The number of hydrogen-bond acceptors (Lipinski definition) is 5. The van der Waals surface area contributed by atoms with Gasteiger partial charge in [0, 0.05) is 12.6 Å². The van der Waals surface area contributed by atoms with Crippen LogP contribution in [-0.2, 0) is 0 Å². The SMILES string of the molecule is CSc1cc2c(c(Br)n1)OCC(CN1CC(F)(F)C1)O2. The predicted molar refractivity (Wildman–Crippen MR) is 75.0 cm³/mol. The van der Waals surface area contributed by atoms with Gasteiger partial charge in [0.1, 0.15) is 17.7 Å². The van der Waals surface area contributed by atoms with E-state index in [1.807, 2.05) is 12.3 Å². The van der Waals surface area contributed by atoms with Crippen LogP contribution in [0.1, 0.15) is 0 Å². The summed E-state index contributed by atoms with van der Waals surface area (Å²) in [4.78, 5) is 5.97. The molecular formula is C12H13BrF2N2O2S. The third kappa shape index (κ3) is 2.87. The van der Waals surface area contributed by atoms with Gasteiger partial charge in [0.25, 0.3) is 5.92 Å². The molecule has 3 rings (SSSR count). The number of fused-ring (bicyclic) bond motifs is 1. The summed E-state index contributed by atoms with van der Waals surface area (Å²) < 4.78 is 37.7. The minimum atomic E-state index is -2.55. The summed E-state index contributed by atoms with van der Waals surface area (Å²) in [5.41, 5.74) is 0. The topological polar surface area (TPSA) is 34.6 Å². The van der Waals surface area contributed by atoms with Crippen molar-refractivity contribution in [1.82, 2.24) is 9.88 Å². The Morgan fingerprint density at radius 3 is 2.95 bits per heavy atom. The molecule has 0 bridgehead atoms. The van der Waals surface area contributed by atoms with Gasteiger partial charge in [0.05, 0.1) is 13.1 Å². The van der Waals surface area contributed by atoms with Gasteiger partial charge in [-0.05, 0) is 22.2 Å². The van der Waals surface area contributed by atoms with Gasteiger partial charge in [-0.1, -0.05) is 0 Å². The normalized spacial score (nSPS) is 24.3. The monoisotopic (exact) mass is 366 g/mol. The molecule has 0 aliphatic carbocycles. The van der Waals surface area contributed by atoms with Crippen LogP contribution < -0.4 is 9.47 Å². The second-order valence-corrected chi connectivity index (χ2v) is 6.44. The summed E-state index contributed by atoms with van der Waals surface area (Å²) in [6.07, 6.45) is 1.69. The molecule has 1 fully saturated rings. The molecule has 1 saturated heterocycles. The molecule has 4 nitrogen and oxygen atoms in total. The van der Waals surface area contributed by atoms with E-state index in [0.29, 0.717) is 29.3 Å². The number of pyridine rings is 1. The van der Waals surface area contributed by atoms with E-state index in [0.717, 1.165) is 5.03 Å². The van der Waals surface area contributed by atoms with Crippen LogP contribution in [0.3, 0.4) is 0 Å². The van der Waals surface area contributed by atoms with Crippen molar-refractivity contribution in [3.05, 3.63) is 10.7 Å². The number of rotatable bonds is 3. The molecule has 0 N–H and O–H groups in total. The van der Waals surface area contributed by atoms with Crippen molar-refractivity contribution in [2.45, 2.75) is 17.1 Å². The smallest absolute Gasteiger partial charge is 0.272 e. The van der Waals surface area contributed by atoms with Gasteiger partial charge in [0.15, 0.2) is 16.1 Å². The highest BCUT2D eigenvalue weighted by Crippen LogP contribution is 2.40. The largest absolute Gasteiger partial charge is 0.483 e. The molecule has 110 valence electrons. The van der Waals surface area contributed by atoms with E-state index in [1.54, 1.807) is 4.90 Å². The highest BCUT2D eigenvalue weighted by atomic mass is 79.9. The number of aromatic nitrogens is 1. The predicted octanol–water partition coefficient (Wildman–Crippen LogP) is 2.66. The molecular weight excluding hydrogens is 354 g/mol. The molecule has 0 radical (unpaired) electrons. The van der Waals surface area contributed by atoms with Gasteiger partial charge >= 0.3 is 0 Å². The fourth-order valence-corrected chi connectivity index (χ4v) is 3.31. The fourth-order valence-electron chi connectivity index (χ4n) is 2.29. The number of hydrogen-bond donors (Lipinski definition) is 0. The van der Waals surface area contributed by atoms with Crippen LogP contribution in [0.15, 0.2) is 15.7 Å². The standard InChI is InChI=1S/C12H13BrF2N2O2S/c1-20-9-2-8-10(11(13)16-9)18-4-7(19-8)3-17-5-12(14,15)6-17/h2,7H,3-6H2,1H3. The first-order chi connectivity index (χ1) is 9.47. The first kappa shape index (κ1) is 14.3. The average molecular weight is 367 g/mol. The van der Waals surface area contributed by atoms with Crippen LogP contribution >= 0.6 is 27.7 Å².